The van der Waals surface area contributed by atoms with Gasteiger partial charge in [0.2, 0.25) is 0 Å². The van der Waals surface area contributed by atoms with Gasteiger partial charge in [0, 0.05) is 6.54 Å². The Labute approximate surface area is 112 Å². The number of benzene rings is 1. The van der Waals surface area contributed by atoms with Crippen molar-refractivity contribution in [1.29, 1.82) is 0 Å². The lowest BCUT2D eigenvalue weighted by Gasteiger charge is -2.17. The highest BCUT2D eigenvalue weighted by atomic mass is 35.5. The molecule has 1 fully saturated rings. The quantitative estimate of drug-likeness (QED) is 0.853. The van der Waals surface area contributed by atoms with Crippen LogP contribution in [0, 0.1) is 11.7 Å². The molecule has 0 bridgehead atoms. The molecule has 2 nitrogen and oxygen atoms in total. The van der Waals surface area contributed by atoms with Crippen LogP contribution in [0.5, 0.6) is 0 Å². The van der Waals surface area contributed by atoms with Crippen LogP contribution in [0.15, 0.2) is 18.2 Å². The van der Waals surface area contributed by atoms with Gasteiger partial charge in [0.05, 0.1) is 16.8 Å². The van der Waals surface area contributed by atoms with Crippen molar-refractivity contribution in [1.82, 2.24) is 0 Å². The summed E-state index contributed by atoms with van der Waals surface area (Å²) in [5.74, 6) is 0.244. The summed E-state index contributed by atoms with van der Waals surface area (Å²) in [5.41, 5.74) is 0.282. The standard InChI is InChI=1S/C14H19ClFNO/c15-12-6-3-7-13(16)14(12)17-9-11(18)8-10-4-1-2-5-10/h3,6-7,10-11,17-18H,1-2,4-5,8-9H2. The Balaban J connectivity index is 1.83. The van der Waals surface area contributed by atoms with Crippen molar-refractivity contribution in [2.75, 3.05) is 11.9 Å². The third-order valence-corrected chi connectivity index (χ3v) is 3.87. The zero-order chi connectivity index (χ0) is 13.0. The van der Waals surface area contributed by atoms with E-state index >= 15 is 0 Å². The Hall–Kier alpha value is -0.800. The normalized spacial score (nSPS) is 17.9. The topological polar surface area (TPSA) is 32.3 Å². The van der Waals surface area contributed by atoms with Gasteiger partial charge in [0.15, 0.2) is 0 Å². The first-order valence-electron chi connectivity index (χ1n) is 6.52. The molecule has 0 spiro atoms. The molecule has 1 atom stereocenters. The van der Waals surface area contributed by atoms with E-state index in [1.165, 1.54) is 31.7 Å². The number of aliphatic hydroxyl groups is 1. The van der Waals surface area contributed by atoms with Crippen LogP contribution in [0.4, 0.5) is 10.1 Å². The van der Waals surface area contributed by atoms with Gasteiger partial charge in [-0.1, -0.05) is 43.4 Å². The van der Waals surface area contributed by atoms with E-state index in [1.807, 2.05) is 0 Å². The SMILES string of the molecule is OC(CNc1c(F)cccc1Cl)CC1CCCC1. The third kappa shape index (κ3) is 3.59. The summed E-state index contributed by atoms with van der Waals surface area (Å²) >= 11 is 5.90. The van der Waals surface area contributed by atoms with E-state index in [9.17, 15) is 9.50 Å². The molecular formula is C14H19ClFNO. The van der Waals surface area contributed by atoms with Gasteiger partial charge in [-0.3, -0.25) is 0 Å². The summed E-state index contributed by atoms with van der Waals surface area (Å²) < 4.78 is 13.5. The molecule has 1 unspecified atom stereocenters. The number of nitrogens with one attached hydrogen (secondary N) is 1. The van der Waals surface area contributed by atoms with E-state index in [0.717, 1.165) is 6.42 Å². The number of rotatable bonds is 5. The van der Waals surface area contributed by atoms with E-state index in [-0.39, 0.29) is 11.5 Å². The maximum Gasteiger partial charge on any atom is 0.147 e. The summed E-state index contributed by atoms with van der Waals surface area (Å²) in [5, 5.41) is 13.2. The highest BCUT2D eigenvalue weighted by Gasteiger charge is 2.19. The second-order valence-corrected chi connectivity index (χ2v) is 5.42. The van der Waals surface area contributed by atoms with Crippen LogP contribution in [0.1, 0.15) is 32.1 Å². The molecule has 0 radical (unpaired) electrons. The van der Waals surface area contributed by atoms with E-state index in [1.54, 1.807) is 12.1 Å². The number of aliphatic hydroxyl groups excluding tert-OH is 1. The van der Waals surface area contributed by atoms with Gasteiger partial charge in [0.1, 0.15) is 5.82 Å². The average molecular weight is 272 g/mol. The van der Waals surface area contributed by atoms with E-state index in [4.69, 9.17) is 11.6 Å². The van der Waals surface area contributed by atoms with Crippen LogP contribution in [-0.4, -0.2) is 17.8 Å². The van der Waals surface area contributed by atoms with Crippen LogP contribution >= 0.6 is 11.6 Å². The van der Waals surface area contributed by atoms with E-state index < -0.39 is 6.10 Å². The Kier molecular flexibility index (Phi) is 4.84. The first-order chi connectivity index (χ1) is 8.66. The van der Waals surface area contributed by atoms with Gasteiger partial charge < -0.3 is 10.4 Å². The molecule has 0 saturated heterocycles. The van der Waals surface area contributed by atoms with Crippen molar-refractivity contribution in [3.05, 3.63) is 29.0 Å². The van der Waals surface area contributed by atoms with Crippen LogP contribution in [-0.2, 0) is 0 Å². The second kappa shape index (κ2) is 6.39. The highest BCUT2D eigenvalue weighted by molar-refractivity contribution is 6.33. The molecule has 1 aliphatic carbocycles. The molecule has 0 aromatic heterocycles. The fraction of sp³-hybridized carbons (Fsp3) is 0.571. The molecule has 1 aromatic rings. The van der Waals surface area contributed by atoms with Gasteiger partial charge in [-0.15, -0.1) is 0 Å². The lowest BCUT2D eigenvalue weighted by Crippen LogP contribution is -2.22. The van der Waals surface area contributed by atoms with Crippen molar-refractivity contribution < 1.29 is 9.50 Å². The van der Waals surface area contributed by atoms with Gasteiger partial charge in [-0.05, 0) is 24.5 Å². The summed E-state index contributed by atoms with van der Waals surface area (Å²) in [6.07, 6.45) is 5.30. The highest BCUT2D eigenvalue weighted by Crippen LogP contribution is 2.29. The summed E-state index contributed by atoms with van der Waals surface area (Å²) in [4.78, 5) is 0. The molecule has 0 aliphatic heterocycles. The monoisotopic (exact) mass is 271 g/mol. The zero-order valence-corrected chi connectivity index (χ0v) is 11.1. The predicted octanol–water partition coefficient (Wildman–Crippen LogP) is 3.83. The van der Waals surface area contributed by atoms with Gasteiger partial charge in [0.25, 0.3) is 0 Å². The molecule has 2 N–H and O–H groups in total. The largest absolute Gasteiger partial charge is 0.391 e. The summed E-state index contributed by atoms with van der Waals surface area (Å²) in [6.45, 7) is 0.344. The van der Waals surface area contributed by atoms with Crippen LogP contribution in [0.25, 0.3) is 0 Å². The molecule has 4 heteroatoms. The third-order valence-electron chi connectivity index (χ3n) is 3.56. The second-order valence-electron chi connectivity index (χ2n) is 5.02. The molecule has 100 valence electrons. The number of hydrogen-bond acceptors (Lipinski definition) is 2. The van der Waals surface area contributed by atoms with Crippen molar-refractivity contribution in [2.45, 2.75) is 38.2 Å². The Morgan fingerprint density at radius 3 is 2.78 bits per heavy atom. The molecule has 2 rings (SSSR count). The van der Waals surface area contributed by atoms with Crippen LogP contribution in [0.2, 0.25) is 5.02 Å². The van der Waals surface area contributed by atoms with E-state index in [0.29, 0.717) is 17.5 Å². The van der Waals surface area contributed by atoms with Crippen LogP contribution in [0.3, 0.4) is 0 Å². The van der Waals surface area contributed by atoms with Crippen molar-refractivity contribution in [3.63, 3.8) is 0 Å². The fourth-order valence-electron chi connectivity index (χ4n) is 2.60. The molecule has 0 heterocycles. The van der Waals surface area contributed by atoms with Crippen LogP contribution < -0.4 is 5.32 Å². The van der Waals surface area contributed by atoms with Gasteiger partial charge in [-0.25, -0.2) is 4.39 Å². The number of hydrogen-bond donors (Lipinski definition) is 2. The Morgan fingerprint density at radius 2 is 2.11 bits per heavy atom. The Morgan fingerprint density at radius 1 is 1.39 bits per heavy atom. The first-order valence-corrected chi connectivity index (χ1v) is 6.90. The summed E-state index contributed by atoms with van der Waals surface area (Å²) in [6, 6.07) is 4.56. The van der Waals surface area contributed by atoms with Crippen molar-refractivity contribution in [3.8, 4) is 0 Å². The maximum atomic E-state index is 13.5. The number of para-hydroxylation sites is 1. The number of halogens is 2. The lowest BCUT2D eigenvalue weighted by atomic mass is 10.00. The molecule has 1 aliphatic rings. The zero-order valence-electron chi connectivity index (χ0n) is 10.3. The lowest BCUT2D eigenvalue weighted by molar-refractivity contribution is 0.155. The Bertz CT molecular complexity index is 373. The maximum absolute atomic E-state index is 13.5. The fourth-order valence-corrected chi connectivity index (χ4v) is 2.83. The minimum Gasteiger partial charge on any atom is -0.391 e. The molecule has 1 aromatic carbocycles. The average Bonchev–Trinajstić information content (AvgIpc) is 2.81. The molecule has 18 heavy (non-hydrogen) atoms. The minimum absolute atomic E-state index is 0.282. The van der Waals surface area contributed by atoms with Crippen molar-refractivity contribution >= 4 is 17.3 Å². The van der Waals surface area contributed by atoms with Gasteiger partial charge >= 0.3 is 0 Å². The number of anilines is 1. The smallest absolute Gasteiger partial charge is 0.147 e. The minimum atomic E-state index is -0.441. The molecular weight excluding hydrogens is 253 g/mol. The molecule has 0 amide bonds. The predicted molar refractivity (Wildman–Crippen MR) is 72.5 cm³/mol. The first kappa shape index (κ1) is 13.6. The summed E-state index contributed by atoms with van der Waals surface area (Å²) in [7, 11) is 0. The van der Waals surface area contributed by atoms with E-state index in [2.05, 4.69) is 5.32 Å². The molecule has 1 saturated carbocycles. The van der Waals surface area contributed by atoms with Gasteiger partial charge in [-0.2, -0.15) is 0 Å². The van der Waals surface area contributed by atoms with Crippen molar-refractivity contribution in [2.24, 2.45) is 5.92 Å².